The van der Waals surface area contributed by atoms with E-state index in [1.165, 1.54) is 0 Å². The van der Waals surface area contributed by atoms with Gasteiger partial charge in [-0.3, -0.25) is 0 Å². The molecule has 0 radical (unpaired) electrons. The van der Waals surface area contributed by atoms with Crippen molar-refractivity contribution in [2.75, 3.05) is 11.5 Å². The first kappa shape index (κ1) is 21.9. The lowest BCUT2D eigenvalue weighted by molar-refractivity contribution is 1.01. The molecule has 0 saturated carbocycles. The first-order valence-electron chi connectivity index (χ1n) is 6.03. The van der Waals surface area contributed by atoms with Crippen molar-refractivity contribution in [3.63, 3.8) is 0 Å². The minimum absolute atomic E-state index is 0. The van der Waals surface area contributed by atoms with Crippen LogP contribution in [0.15, 0.2) is 24.3 Å². The van der Waals surface area contributed by atoms with Crippen LogP contribution >= 0.6 is 12.4 Å². The molecule has 0 atom stereocenters. The first-order valence-corrected chi connectivity index (χ1v) is 6.03. The molecule has 0 bridgehead atoms. The number of rotatable bonds is 1. The van der Waals surface area contributed by atoms with Gasteiger partial charge in [0.1, 0.15) is 17.7 Å². The van der Waals surface area contributed by atoms with Crippen LogP contribution in [0.1, 0.15) is 29.9 Å². The lowest BCUT2D eigenvalue weighted by atomic mass is 10.2. The highest BCUT2D eigenvalue weighted by atomic mass is 35.5. The molecule has 0 aromatic carbocycles. The summed E-state index contributed by atoms with van der Waals surface area (Å²) < 4.78 is 0. The SMILES string of the molecule is C.Cc1nc(N)ccc1C#N.Cc1nc(N)ccc1CN.Cl. The van der Waals surface area contributed by atoms with Crippen molar-refractivity contribution in [3.05, 3.63) is 46.8 Å². The second-order valence-corrected chi connectivity index (χ2v) is 4.17. The third kappa shape index (κ3) is 6.39. The fraction of sp³-hybridized carbons (Fsp3) is 0.267. The number of hydrogen-bond acceptors (Lipinski definition) is 6. The van der Waals surface area contributed by atoms with Crippen LogP contribution in [0.25, 0.3) is 0 Å². The van der Waals surface area contributed by atoms with Gasteiger partial charge in [0.15, 0.2) is 0 Å². The number of nitrogen functional groups attached to an aromatic ring is 2. The molecular formula is C15H23ClN6. The number of anilines is 2. The maximum Gasteiger partial charge on any atom is 0.123 e. The number of pyridine rings is 2. The van der Waals surface area contributed by atoms with Crippen LogP contribution in [0, 0.1) is 25.2 Å². The molecule has 6 N–H and O–H groups in total. The van der Waals surface area contributed by atoms with Gasteiger partial charge < -0.3 is 17.2 Å². The molecule has 0 aliphatic rings. The van der Waals surface area contributed by atoms with Gasteiger partial charge in [-0.15, -0.1) is 12.4 Å². The van der Waals surface area contributed by atoms with Crippen molar-refractivity contribution in [1.29, 1.82) is 5.26 Å². The van der Waals surface area contributed by atoms with Crippen LogP contribution in [0.5, 0.6) is 0 Å². The molecule has 0 saturated heterocycles. The Kier molecular flexibility index (Phi) is 10.3. The third-order valence-electron chi connectivity index (χ3n) is 2.66. The Balaban J connectivity index is 0. The number of nitrogens with two attached hydrogens (primary N) is 3. The van der Waals surface area contributed by atoms with Gasteiger partial charge in [0.2, 0.25) is 0 Å². The fourth-order valence-corrected chi connectivity index (χ4v) is 1.52. The molecule has 0 unspecified atom stereocenters. The average Bonchev–Trinajstić information content (AvgIpc) is 2.40. The molecule has 0 aliphatic carbocycles. The van der Waals surface area contributed by atoms with E-state index >= 15 is 0 Å². The van der Waals surface area contributed by atoms with Gasteiger partial charge in [0, 0.05) is 12.2 Å². The van der Waals surface area contributed by atoms with Gasteiger partial charge in [0.05, 0.1) is 11.3 Å². The van der Waals surface area contributed by atoms with E-state index in [2.05, 4.69) is 9.97 Å². The molecule has 0 aliphatic heterocycles. The van der Waals surface area contributed by atoms with Crippen LogP contribution in [0.4, 0.5) is 11.6 Å². The van der Waals surface area contributed by atoms with Crippen LogP contribution < -0.4 is 17.2 Å². The van der Waals surface area contributed by atoms with Gasteiger partial charge in [-0.1, -0.05) is 13.5 Å². The summed E-state index contributed by atoms with van der Waals surface area (Å²) in [6.45, 7) is 4.19. The van der Waals surface area contributed by atoms with Gasteiger partial charge in [-0.25, -0.2) is 9.97 Å². The highest BCUT2D eigenvalue weighted by Gasteiger charge is 1.96. The van der Waals surface area contributed by atoms with Gasteiger partial charge >= 0.3 is 0 Å². The van der Waals surface area contributed by atoms with Crippen LogP contribution in [0.3, 0.4) is 0 Å². The lowest BCUT2D eigenvalue weighted by Crippen LogP contribution is -2.02. The molecule has 2 aromatic heterocycles. The average molecular weight is 323 g/mol. The predicted molar refractivity (Wildman–Crippen MR) is 93.4 cm³/mol. The maximum absolute atomic E-state index is 8.48. The van der Waals surface area contributed by atoms with Gasteiger partial charge in [0.25, 0.3) is 0 Å². The summed E-state index contributed by atoms with van der Waals surface area (Å²) in [5, 5.41) is 8.48. The topological polar surface area (TPSA) is 128 Å². The van der Waals surface area contributed by atoms with Crippen molar-refractivity contribution in [3.8, 4) is 6.07 Å². The minimum atomic E-state index is 0. The molecule has 2 heterocycles. The largest absolute Gasteiger partial charge is 0.384 e. The zero-order chi connectivity index (χ0) is 15.1. The number of nitriles is 1. The maximum atomic E-state index is 8.48. The minimum Gasteiger partial charge on any atom is -0.384 e. The summed E-state index contributed by atoms with van der Waals surface area (Å²) in [5.41, 5.74) is 19.4. The van der Waals surface area contributed by atoms with Crippen LogP contribution in [0.2, 0.25) is 0 Å². The number of aryl methyl sites for hydroxylation is 2. The Bertz CT molecular complexity index is 636. The Hall–Kier alpha value is -2.36. The number of nitrogens with zero attached hydrogens (tertiary/aromatic N) is 3. The normalized spacial score (nSPS) is 8.45. The summed E-state index contributed by atoms with van der Waals surface area (Å²) in [7, 11) is 0. The van der Waals surface area contributed by atoms with Crippen molar-refractivity contribution < 1.29 is 0 Å². The summed E-state index contributed by atoms with van der Waals surface area (Å²) in [6.07, 6.45) is 0. The zero-order valence-corrected chi connectivity index (χ0v) is 12.8. The number of halogens is 1. The van der Waals surface area contributed by atoms with Crippen molar-refractivity contribution in [2.24, 2.45) is 5.73 Å². The monoisotopic (exact) mass is 322 g/mol. The van der Waals surface area contributed by atoms with Gasteiger partial charge in [-0.05, 0) is 37.6 Å². The van der Waals surface area contributed by atoms with E-state index < -0.39 is 0 Å². The lowest BCUT2D eigenvalue weighted by Gasteiger charge is -2.00. The molecule has 0 fully saturated rings. The molecule has 0 amide bonds. The van der Waals surface area contributed by atoms with Crippen molar-refractivity contribution in [2.45, 2.75) is 27.8 Å². The second-order valence-electron chi connectivity index (χ2n) is 4.17. The molecule has 0 spiro atoms. The van der Waals surface area contributed by atoms with Crippen LogP contribution in [-0.4, -0.2) is 9.97 Å². The van der Waals surface area contributed by atoms with Gasteiger partial charge in [-0.2, -0.15) is 5.26 Å². The highest BCUT2D eigenvalue weighted by Crippen LogP contribution is 2.06. The van der Waals surface area contributed by atoms with Crippen LogP contribution in [-0.2, 0) is 6.54 Å². The predicted octanol–water partition coefficient (Wildman–Crippen LogP) is 2.33. The molecule has 7 heteroatoms. The summed E-state index contributed by atoms with van der Waals surface area (Å²) in [6, 6.07) is 8.94. The Labute approximate surface area is 137 Å². The van der Waals surface area contributed by atoms with Crippen molar-refractivity contribution in [1.82, 2.24) is 9.97 Å². The highest BCUT2D eigenvalue weighted by molar-refractivity contribution is 5.85. The summed E-state index contributed by atoms with van der Waals surface area (Å²) >= 11 is 0. The molecule has 22 heavy (non-hydrogen) atoms. The van der Waals surface area contributed by atoms with E-state index in [9.17, 15) is 0 Å². The van der Waals surface area contributed by atoms with E-state index in [0.717, 1.165) is 11.3 Å². The molecule has 2 rings (SSSR count). The molecular weight excluding hydrogens is 300 g/mol. The molecule has 2 aromatic rings. The molecule has 6 nitrogen and oxygen atoms in total. The third-order valence-corrected chi connectivity index (χ3v) is 2.66. The Morgan fingerprint density at radius 1 is 1.00 bits per heavy atom. The van der Waals surface area contributed by atoms with E-state index in [0.29, 0.717) is 29.4 Å². The zero-order valence-electron chi connectivity index (χ0n) is 12.0. The quantitative estimate of drug-likeness (QED) is 0.739. The van der Waals surface area contributed by atoms with Crippen molar-refractivity contribution >= 4 is 24.0 Å². The summed E-state index contributed by atoms with van der Waals surface area (Å²) in [5.74, 6) is 1.01. The number of hydrogen-bond donors (Lipinski definition) is 3. The van der Waals surface area contributed by atoms with E-state index in [1.54, 1.807) is 25.1 Å². The first-order chi connectivity index (χ1) is 9.47. The standard InChI is InChI=1S/C7H11N3.C7H7N3.CH4.ClH/c2*1-5-6(4-8)2-3-7(9)10-5;;/h2-3H,4,8H2,1H3,(H2,9,10);2-3H,1H3,(H2,9,10);1H4;1H. The Morgan fingerprint density at radius 2 is 1.50 bits per heavy atom. The van der Waals surface area contributed by atoms with E-state index in [-0.39, 0.29) is 19.8 Å². The van der Waals surface area contributed by atoms with E-state index in [1.807, 2.05) is 19.1 Å². The number of aromatic nitrogens is 2. The smallest absolute Gasteiger partial charge is 0.123 e. The Morgan fingerprint density at radius 3 is 1.91 bits per heavy atom. The van der Waals surface area contributed by atoms with E-state index in [4.69, 9.17) is 22.5 Å². The fourth-order valence-electron chi connectivity index (χ4n) is 1.52. The molecule has 120 valence electrons. The second kappa shape index (κ2) is 10.4. The summed E-state index contributed by atoms with van der Waals surface area (Å²) in [4.78, 5) is 7.94.